The molecule has 0 aliphatic rings. The number of halogens is 1. The van der Waals surface area contributed by atoms with Gasteiger partial charge in [-0.15, -0.1) is 0 Å². The van der Waals surface area contributed by atoms with E-state index in [1.807, 2.05) is 18.2 Å². The Morgan fingerprint density at radius 1 is 1.21 bits per heavy atom. The van der Waals surface area contributed by atoms with Crippen molar-refractivity contribution in [2.45, 2.75) is 16.9 Å². The number of rotatable bonds is 5. The van der Waals surface area contributed by atoms with Gasteiger partial charge in [0.25, 0.3) is 0 Å². The van der Waals surface area contributed by atoms with E-state index in [0.717, 1.165) is 4.90 Å². The van der Waals surface area contributed by atoms with Gasteiger partial charge in [-0.3, -0.25) is 10.1 Å². The fourth-order valence-electron chi connectivity index (χ4n) is 1.97. The second-order valence-corrected chi connectivity index (χ2v) is 6.30. The van der Waals surface area contributed by atoms with Crippen LogP contribution in [0.4, 0.5) is 5.69 Å². The van der Waals surface area contributed by atoms with Crippen LogP contribution in [0.15, 0.2) is 55.3 Å². The lowest BCUT2D eigenvalue weighted by molar-refractivity contribution is -0.386. The average Bonchev–Trinajstić information content (AvgIpc) is 3.14. The van der Waals surface area contributed by atoms with Gasteiger partial charge < -0.3 is 8.94 Å². The van der Waals surface area contributed by atoms with Gasteiger partial charge in [-0.2, -0.15) is 0 Å². The number of furan rings is 1. The Labute approximate surface area is 146 Å². The van der Waals surface area contributed by atoms with Crippen molar-refractivity contribution in [2.75, 3.05) is 0 Å². The molecule has 2 aromatic heterocycles. The molecule has 122 valence electrons. The summed E-state index contributed by atoms with van der Waals surface area (Å²) in [4.78, 5) is 11.5. The molecule has 0 unspecified atom stereocenters. The predicted molar refractivity (Wildman–Crippen MR) is 91.1 cm³/mol. The van der Waals surface area contributed by atoms with Crippen molar-refractivity contribution in [3.8, 4) is 0 Å². The molecule has 6 nitrogen and oxygen atoms in total. The number of aryl methyl sites for hydroxylation is 1. The van der Waals surface area contributed by atoms with Crippen LogP contribution in [-0.4, -0.2) is 10.1 Å². The zero-order chi connectivity index (χ0) is 17.1. The van der Waals surface area contributed by atoms with Crippen molar-refractivity contribution in [3.63, 3.8) is 0 Å². The Bertz CT molecular complexity index is 899. The van der Waals surface area contributed by atoms with Gasteiger partial charge in [0.15, 0.2) is 10.8 Å². The van der Waals surface area contributed by atoms with Crippen molar-refractivity contribution < 1.29 is 13.9 Å². The summed E-state index contributed by atoms with van der Waals surface area (Å²) in [6.07, 6.45) is 3.06. The summed E-state index contributed by atoms with van der Waals surface area (Å²) >= 11 is 7.30. The molecule has 3 aromatic rings. The Kier molecular flexibility index (Phi) is 4.73. The maximum absolute atomic E-state index is 11.0. The Morgan fingerprint density at radius 2 is 1.96 bits per heavy atom. The summed E-state index contributed by atoms with van der Waals surface area (Å²) in [5.74, 6) is 0.635. The van der Waals surface area contributed by atoms with E-state index in [2.05, 4.69) is 5.16 Å². The maximum Gasteiger partial charge on any atom is 0.338 e. The van der Waals surface area contributed by atoms with Gasteiger partial charge in [-0.05, 0) is 55.5 Å². The lowest BCUT2D eigenvalue weighted by Crippen LogP contribution is -1.89. The van der Waals surface area contributed by atoms with Crippen molar-refractivity contribution in [1.82, 2.24) is 5.16 Å². The van der Waals surface area contributed by atoms with Crippen LogP contribution in [-0.2, 0) is 0 Å². The second-order valence-electron chi connectivity index (χ2n) is 4.78. The first kappa shape index (κ1) is 16.4. The third-order valence-corrected chi connectivity index (χ3v) is 4.25. The molecular formula is C16H11ClN2O4S. The number of nitro groups is 1. The molecule has 0 aliphatic carbocycles. The van der Waals surface area contributed by atoms with Gasteiger partial charge in [-0.25, -0.2) is 0 Å². The van der Waals surface area contributed by atoms with Gasteiger partial charge in [0.1, 0.15) is 5.76 Å². The minimum atomic E-state index is -0.518. The van der Waals surface area contributed by atoms with Crippen LogP contribution in [0.25, 0.3) is 12.2 Å². The third-order valence-electron chi connectivity index (χ3n) is 3.07. The van der Waals surface area contributed by atoms with Crippen LogP contribution in [0.5, 0.6) is 0 Å². The summed E-state index contributed by atoms with van der Waals surface area (Å²) in [6, 6.07) is 11.0. The van der Waals surface area contributed by atoms with E-state index < -0.39 is 4.92 Å². The Balaban J connectivity index is 1.74. The lowest BCUT2D eigenvalue weighted by atomic mass is 10.3. The van der Waals surface area contributed by atoms with Gasteiger partial charge in [0, 0.05) is 9.92 Å². The topological polar surface area (TPSA) is 82.3 Å². The summed E-state index contributed by atoms with van der Waals surface area (Å²) in [5, 5.41) is 16.0. The standard InChI is InChI=1S/C16H11ClN2O4S/c1-10-16(19(20)21)14(23-18-10)8-4-12-5-9-15(22-12)24-13-6-2-11(17)3-7-13/h2-9H,1H3. The van der Waals surface area contributed by atoms with Crippen molar-refractivity contribution in [2.24, 2.45) is 0 Å². The molecule has 0 atom stereocenters. The van der Waals surface area contributed by atoms with E-state index in [-0.39, 0.29) is 17.1 Å². The second kappa shape index (κ2) is 6.94. The zero-order valence-corrected chi connectivity index (χ0v) is 14.0. The quantitative estimate of drug-likeness (QED) is 0.442. The molecule has 0 aliphatic heterocycles. The third kappa shape index (κ3) is 3.69. The minimum Gasteiger partial charge on any atom is -0.450 e. The van der Waals surface area contributed by atoms with Crippen LogP contribution in [0.1, 0.15) is 17.2 Å². The molecule has 0 spiro atoms. The summed E-state index contributed by atoms with van der Waals surface area (Å²) in [5.41, 5.74) is 0.0895. The van der Waals surface area contributed by atoms with Crippen LogP contribution >= 0.6 is 23.4 Å². The Morgan fingerprint density at radius 3 is 2.67 bits per heavy atom. The summed E-state index contributed by atoms with van der Waals surface area (Å²) in [7, 11) is 0. The van der Waals surface area contributed by atoms with Gasteiger partial charge in [0.05, 0.1) is 4.92 Å². The SMILES string of the molecule is Cc1noc(C=Cc2ccc(Sc3ccc(Cl)cc3)o2)c1[N+](=O)[O-]. The normalized spacial score (nSPS) is 11.2. The van der Waals surface area contributed by atoms with E-state index in [0.29, 0.717) is 15.9 Å². The van der Waals surface area contributed by atoms with Gasteiger partial charge in [0.2, 0.25) is 5.76 Å². The van der Waals surface area contributed by atoms with Crippen LogP contribution in [0, 0.1) is 17.0 Å². The van der Waals surface area contributed by atoms with E-state index in [4.69, 9.17) is 20.5 Å². The largest absolute Gasteiger partial charge is 0.450 e. The number of hydrogen-bond donors (Lipinski definition) is 0. The summed E-state index contributed by atoms with van der Waals surface area (Å²) < 4.78 is 10.6. The molecule has 0 N–H and O–H groups in total. The fraction of sp³-hybridized carbons (Fsp3) is 0.0625. The highest BCUT2D eigenvalue weighted by molar-refractivity contribution is 7.99. The first-order chi connectivity index (χ1) is 11.5. The van der Waals surface area contributed by atoms with Gasteiger partial charge >= 0.3 is 5.69 Å². The van der Waals surface area contributed by atoms with Crippen molar-refractivity contribution in [3.05, 3.63) is 68.7 Å². The maximum atomic E-state index is 11.0. The van der Waals surface area contributed by atoms with E-state index in [9.17, 15) is 10.1 Å². The molecule has 0 amide bonds. The van der Waals surface area contributed by atoms with Gasteiger partial charge in [-0.1, -0.05) is 28.5 Å². The number of benzene rings is 1. The molecule has 0 fully saturated rings. The van der Waals surface area contributed by atoms with Crippen LogP contribution in [0.3, 0.4) is 0 Å². The van der Waals surface area contributed by atoms with Crippen LogP contribution < -0.4 is 0 Å². The molecule has 3 rings (SSSR count). The molecular weight excluding hydrogens is 352 g/mol. The molecule has 0 saturated carbocycles. The van der Waals surface area contributed by atoms with E-state index in [1.54, 1.807) is 24.3 Å². The highest BCUT2D eigenvalue weighted by atomic mass is 35.5. The van der Waals surface area contributed by atoms with E-state index >= 15 is 0 Å². The molecule has 1 aromatic carbocycles. The lowest BCUT2D eigenvalue weighted by Gasteiger charge is -1.97. The highest BCUT2D eigenvalue weighted by Gasteiger charge is 2.22. The molecule has 8 heteroatoms. The number of hydrogen-bond acceptors (Lipinski definition) is 6. The first-order valence-electron chi connectivity index (χ1n) is 6.85. The average molecular weight is 363 g/mol. The first-order valence-corrected chi connectivity index (χ1v) is 8.04. The molecule has 2 heterocycles. The van der Waals surface area contributed by atoms with Crippen molar-refractivity contribution in [1.29, 1.82) is 0 Å². The number of nitrogens with zero attached hydrogens (tertiary/aromatic N) is 2. The molecule has 24 heavy (non-hydrogen) atoms. The minimum absolute atomic E-state index is 0.0841. The smallest absolute Gasteiger partial charge is 0.338 e. The molecule has 0 saturated heterocycles. The monoisotopic (exact) mass is 362 g/mol. The zero-order valence-electron chi connectivity index (χ0n) is 12.4. The fourth-order valence-corrected chi connectivity index (χ4v) is 2.87. The highest BCUT2D eigenvalue weighted by Crippen LogP contribution is 2.31. The number of aromatic nitrogens is 1. The predicted octanol–water partition coefficient (Wildman–Crippen LogP) is 5.46. The van der Waals surface area contributed by atoms with E-state index in [1.165, 1.54) is 24.8 Å². The van der Waals surface area contributed by atoms with Crippen LogP contribution in [0.2, 0.25) is 5.02 Å². The van der Waals surface area contributed by atoms with Crippen molar-refractivity contribution >= 4 is 41.2 Å². The Hall–Kier alpha value is -2.51. The molecule has 0 radical (unpaired) electrons. The summed E-state index contributed by atoms with van der Waals surface area (Å²) in [6.45, 7) is 1.52. The molecule has 0 bridgehead atoms.